The van der Waals surface area contributed by atoms with Crippen LogP contribution in [0.25, 0.3) is 21.6 Å². The minimum Gasteiger partial charge on any atom is -0.354 e. The molecular formula is C19H16FNOS2. The van der Waals surface area contributed by atoms with Crippen LogP contribution in [0.5, 0.6) is 0 Å². The van der Waals surface area contributed by atoms with E-state index in [1.807, 2.05) is 12.3 Å². The van der Waals surface area contributed by atoms with Gasteiger partial charge in [0.1, 0.15) is 5.82 Å². The van der Waals surface area contributed by atoms with Crippen molar-refractivity contribution in [2.45, 2.75) is 4.90 Å². The van der Waals surface area contributed by atoms with Crippen LogP contribution >= 0.6 is 23.1 Å². The Hall–Kier alpha value is -2.11. The lowest BCUT2D eigenvalue weighted by Crippen LogP contribution is -2.16. The number of halogens is 1. The second kappa shape index (κ2) is 7.20. The van der Waals surface area contributed by atoms with Crippen molar-refractivity contribution in [2.75, 3.05) is 13.3 Å². The molecule has 0 aliphatic rings. The van der Waals surface area contributed by atoms with Crippen LogP contribution in [-0.2, 0) is 0 Å². The third-order valence-corrected chi connectivity index (χ3v) is 5.62. The van der Waals surface area contributed by atoms with E-state index in [4.69, 9.17) is 0 Å². The van der Waals surface area contributed by atoms with E-state index in [0.717, 1.165) is 21.6 Å². The van der Waals surface area contributed by atoms with Crippen molar-refractivity contribution in [3.05, 3.63) is 65.3 Å². The molecule has 0 atom stereocenters. The minimum absolute atomic E-state index is 0.115. The molecule has 1 heterocycles. The Morgan fingerprint density at radius 3 is 2.25 bits per heavy atom. The van der Waals surface area contributed by atoms with Crippen LogP contribution < -0.4 is 5.32 Å². The maximum atomic E-state index is 13.2. The molecule has 0 aliphatic heterocycles. The van der Waals surface area contributed by atoms with Gasteiger partial charge in [-0.1, -0.05) is 24.3 Å². The Balaban J connectivity index is 2.13. The molecule has 122 valence electrons. The Morgan fingerprint density at radius 1 is 1.04 bits per heavy atom. The minimum atomic E-state index is -0.271. The molecule has 0 fully saturated rings. The summed E-state index contributed by atoms with van der Waals surface area (Å²) in [5, 5.41) is 2.66. The Kier molecular flexibility index (Phi) is 5.02. The zero-order valence-electron chi connectivity index (χ0n) is 13.3. The van der Waals surface area contributed by atoms with Gasteiger partial charge in [-0.3, -0.25) is 4.79 Å². The van der Waals surface area contributed by atoms with E-state index in [2.05, 4.69) is 29.6 Å². The molecule has 0 saturated carbocycles. The number of hydrogen-bond acceptors (Lipinski definition) is 3. The highest BCUT2D eigenvalue weighted by atomic mass is 32.2. The first-order chi connectivity index (χ1) is 11.6. The van der Waals surface area contributed by atoms with Crippen molar-refractivity contribution in [3.63, 3.8) is 0 Å². The van der Waals surface area contributed by atoms with Crippen LogP contribution in [0.2, 0.25) is 0 Å². The SMILES string of the molecule is CNC(=O)c1cc(-c2ccc(SC)cc2)c(-c2ccc(F)cc2)s1. The van der Waals surface area contributed by atoms with Gasteiger partial charge in [-0.25, -0.2) is 4.39 Å². The Bertz CT molecular complexity index is 854. The molecule has 3 aromatic rings. The number of thioether (sulfide) groups is 1. The number of nitrogens with one attached hydrogen (secondary N) is 1. The van der Waals surface area contributed by atoms with Gasteiger partial charge in [-0.15, -0.1) is 23.1 Å². The summed E-state index contributed by atoms with van der Waals surface area (Å²) in [5.41, 5.74) is 2.93. The molecule has 1 N–H and O–H groups in total. The maximum absolute atomic E-state index is 13.2. The molecule has 0 radical (unpaired) electrons. The lowest BCUT2D eigenvalue weighted by atomic mass is 10.0. The molecule has 24 heavy (non-hydrogen) atoms. The van der Waals surface area contributed by atoms with E-state index >= 15 is 0 Å². The Morgan fingerprint density at radius 2 is 1.67 bits per heavy atom. The summed E-state index contributed by atoms with van der Waals surface area (Å²) in [6.45, 7) is 0. The van der Waals surface area contributed by atoms with E-state index in [1.54, 1.807) is 30.9 Å². The highest BCUT2D eigenvalue weighted by Crippen LogP contribution is 2.39. The Labute approximate surface area is 148 Å². The molecule has 0 spiro atoms. The van der Waals surface area contributed by atoms with Gasteiger partial charge >= 0.3 is 0 Å². The van der Waals surface area contributed by atoms with Gasteiger partial charge in [-0.2, -0.15) is 0 Å². The number of carbonyl (C=O) groups is 1. The molecule has 5 heteroatoms. The third kappa shape index (κ3) is 3.37. The number of thiophene rings is 1. The van der Waals surface area contributed by atoms with E-state index in [-0.39, 0.29) is 11.7 Å². The molecule has 1 amide bonds. The lowest BCUT2D eigenvalue weighted by molar-refractivity contribution is 0.0967. The van der Waals surface area contributed by atoms with Crippen molar-refractivity contribution in [2.24, 2.45) is 0 Å². The average Bonchev–Trinajstić information content (AvgIpc) is 3.07. The highest BCUT2D eigenvalue weighted by Gasteiger charge is 2.16. The smallest absolute Gasteiger partial charge is 0.261 e. The van der Waals surface area contributed by atoms with Gasteiger partial charge in [0, 0.05) is 22.4 Å². The quantitative estimate of drug-likeness (QED) is 0.642. The summed E-state index contributed by atoms with van der Waals surface area (Å²) >= 11 is 3.10. The standard InChI is InChI=1S/C19H16FNOS2/c1-21-19(22)17-11-16(12-5-9-15(23-2)10-6-12)18(24-17)13-3-7-14(20)8-4-13/h3-11H,1-2H3,(H,21,22). The van der Waals surface area contributed by atoms with Crippen LogP contribution in [0.3, 0.4) is 0 Å². The van der Waals surface area contributed by atoms with Crippen LogP contribution in [0.15, 0.2) is 59.5 Å². The van der Waals surface area contributed by atoms with Gasteiger partial charge < -0.3 is 5.32 Å². The molecule has 1 aromatic heterocycles. The summed E-state index contributed by atoms with van der Waals surface area (Å²) in [7, 11) is 1.62. The van der Waals surface area contributed by atoms with Crippen molar-refractivity contribution in [1.82, 2.24) is 5.32 Å². The van der Waals surface area contributed by atoms with E-state index in [1.165, 1.54) is 28.4 Å². The number of benzene rings is 2. The van der Waals surface area contributed by atoms with Gasteiger partial charge in [-0.05, 0) is 47.7 Å². The van der Waals surface area contributed by atoms with Crippen LogP contribution in [0, 0.1) is 5.82 Å². The zero-order chi connectivity index (χ0) is 17.1. The predicted octanol–water partition coefficient (Wildman–Crippen LogP) is 5.30. The monoisotopic (exact) mass is 357 g/mol. The van der Waals surface area contributed by atoms with Crippen molar-refractivity contribution >= 4 is 29.0 Å². The topological polar surface area (TPSA) is 29.1 Å². The van der Waals surface area contributed by atoms with E-state index in [0.29, 0.717) is 4.88 Å². The average molecular weight is 357 g/mol. The molecule has 0 saturated heterocycles. The number of rotatable bonds is 4. The second-order valence-electron chi connectivity index (χ2n) is 5.17. The molecule has 0 unspecified atom stereocenters. The van der Waals surface area contributed by atoms with Gasteiger partial charge in [0.15, 0.2) is 0 Å². The lowest BCUT2D eigenvalue weighted by Gasteiger charge is -2.05. The first-order valence-corrected chi connectivity index (χ1v) is 9.43. The summed E-state index contributed by atoms with van der Waals surface area (Å²) < 4.78 is 13.2. The molecule has 3 rings (SSSR count). The zero-order valence-corrected chi connectivity index (χ0v) is 14.9. The van der Waals surface area contributed by atoms with E-state index in [9.17, 15) is 9.18 Å². The van der Waals surface area contributed by atoms with Gasteiger partial charge in [0.2, 0.25) is 0 Å². The number of amides is 1. The predicted molar refractivity (Wildman–Crippen MR) is 100 cm³/mol. The normalized spacial score (nSPS) is 10.6. The fourth-order valence-electron chi connectivity index (χ4n) is 2.43. The highest BCUT2D eigenvalue weighted by molar-refractivity contribution is 7.98. The number of carbonyl (C=O) groups excluding carboxylic acids is 1. The fourth-order valence-corrected chi connectivity index (χ4v) is 3.97. The van der Waals surface area contributed by atoms with Crippen molar-refractivity contribution in [3.8, 4) is 21.6 Å². The van der Waals surface area contributed by atoms with Crippen LogP contribution in [-0.4, -0.2) is 19.2 Å². The van der Waals surface area contributed by atoms with Gasteiger partial charge in [0.05, 0.1) is 4.88 Å². The largest absolute Gasteiger partial charge is 0.354 e. The van der Waals surface area contributed by atoms with Crippen LogP contribution in [0.1, 0.15) is 9.67 Å². The van der Waals surface area contributed by atoms with E-state index < -0.39 is 0 Å². The first kappa shape index (κ1) is 16.7. The summed E-state index contributed by atoms with van der Waals surface area (Å²) in [5.74, 6) is -0.386. The van der Waals surface area contributed by atoms with Gasteiger partial charge in [0.25, 0.3) is 5.91 Å². The summed E-state index contributed by atoms with van der Waals surface area (Å²) in [4.78, 5) is 14.8. The molecule has 0 aliphatic carbocycles. The molecule has 2 nitrogen and oxygen atoms in total. The third-order valence-electron chi connectivity index (χ3n) is 3.69. The van der Waals surface area contributed by atoms with Crippen molar-refractivity contribution in [1.29, 1.82) is 0 Å². The molecular weight excluding hydrogens is 341 g/mol. The molecule has 0 bridgehead atoms. The maximum Gasteiger partial charge on any atom is 0.261 e. The second-order valence-corrected chi connectivity index (χ2v) is 7.10. The first-order valence-electron chi connectivity index (χ1n) is 7.38. The fraction of sp³-hybridized carbons (Fsp3) is 0.105. The summed E-state index contributed by atoms with van der Waals surface area (Å²) in [6, 6.07) is 16.5. The van der Waals surface area contributed by atoms with Crippen LogP contribution in [0.4, 0.5) is 4.39 Å². The van der Waals surface area contributed by atoms with Crippen molar-refractivity contribution < 1.29 is 9.18 Å². The molecule has 2 aromatic carbocycles. The number of hydrogen-bond donors (Lipinski definition) is 1. The summed E-state index contributed by atoms with van der Waals surface area (Å²) in [6.07, 6.45) is 2.03.